The minimum absolute atomic E-state index is 0.299. The zero-order valence-corrected chi connectivity index (χ0v) is 11.4. The van der Waals surface area contributed by atoms with Crippen LogP contribution >= 0.6 is 0 Å². The Kier molecular flexibility index (Phi) is 4.47. The number of nitrogens with one attached hydrogen (secondary N) is 1. The van der Waals surface area contributed by atoms with Crippen LogP contribution < -0.4 is 5.32 Å². The maximum absolute atomic E-state index is 12.2. The van der Waals surface area contributed by atoms with E-state index in [1.54, 1.807) is 0 Å². The lowest BCUT2D eigenvalue weighted by molar-refractivity contribution is -0.127. The van der Waals surface area contributed by atoms with E-state index in [4.69, 9.17) is 0 Å². The summed E-state index contributed by atoms with van der Waals surface area (Å²) in [5.74, 6) is 2.06. The Morgan fingerprint density at radius 2 is 1.76 bits per heavy atom. The maximum atomic E-state index is 12.2. The molecule has 17 heavy (non-hydrogen) atoms. The number of carbonyl (C=O) groups is 1. The van der Waals surface area contributed by atoms with Crippen molar-refractivity contribution in [2.24, 2.45) is 17.8 Å². The zero-order chi connectivity index (χ0) is 12.3. The van der Waals surface area contributed by atoms with Crippen LogP contribution in [0.25, 0.3) is 0 Å². The summed E-state index contributed by atoms with van der Waals surface area (Å²) >= 11 is 0. The van der Waals surface area contributed by atoms with Crippen molar-refractivity contribution in [3.63, 3.8) is 0 Å². The normalized spacial score (nSPS) is 38.7. The largest absolute Gasteiger partial charge is 0.353 e. The van der Waals surface area contributed by atoms with Crippen molar-refractivity contribution >= 4 is 5.91 Å². The molecular weight excluding hydrogens is 210 g/mol. The Bertz CT molecular complexity index is 264. The summed E-state index contributed by atoms with van der Waals surface area (Å²) in [6.07, 6.45) is 9.86. The summed E-state index contributed by atoms with van der Waals surface area (Å²) < 4.78 is 0. The van der Waals surface area contributed by atoms with Crippen LogP contribution in [-0.4, -0.2) is 11.9 Å². The molecule has 0 aromatic rings. The van der Waals surface area contributed by atoms with E-state index in [1.165, 1.54) is 38.5 Å². The fourth-order valence-corrected chi connectivity index (χ4v) is 3.50. The summed E-state index contributed by atoms with van der Waals surface area (Å²) in [5.41, 5.74) is 0. The number of hydrogen-bond acceptors (Lipinski definition) is 1. The molecule has 2 rings (SSSR count). The quantitative estimate of drug-likeness (QED) is 0.782. The molecule has 2 heteroatoms. The average Bonchev–Trinajstić information content (AvgIpc) is 2.32. The van der Waals surface area contributed by atoms with Gasteiger partial charge in [-0.25, -0.2) is 0 Å². The highest BCUT2D eigenvalue weighted by Crippen LogP contribution is 2.30. The summed E-state index contributed by atoms with van der Waals surface area (Å²) in [6.45, 7) is 4.57. The third-order valence-corrected chi connectivity index (χ3v) is 4.75. The van der Waals surface area contributed by atoms with Crippen LogP contribution in [0.15, 0.2) is 0 Å². The van der Waals surface area contributed by atoms with E-state index in [2.05, 4.69) is 19.2 Å². The lowest BCUT2D eigenvalue weighted by atomic mass is 9.81. The van der Waals surface area contributed by atoms with Crippen LogP contribution in [0.2, 0.25) is 0 Å². The highest BCUT2D eigenvalue weighted by atomic mass is 16.1. The topological polar surface area (TPSA) is 29.1 Å². The molecule has 0 aromatic carbocycles. The van der Waals surface area contributed by atoms with E-state index in [0.717, 1.165) is 18.8 Å². The third-order valence-electron chi connectivity index (χ3n) is 4.75. The lowest BCUT2D eigenvalue weighted by Gasteiger charge is -2.32. The second-order valence-electron chi connectivity index (χ2n) is 6.35. The van der Waals surface area contributed by atoms with Crippen molar-refractivity contribution in [1.29, 1.82) is 0 Å². The lowest BCUT2D eigenvalue weighted by Crippen LogP contribution is -2.44. The minimum Gasteiger partial charge on any atom is -0.353 e. The Labute approximate surface area is 106 Å². The SMILES string of the molecule is C[C@@H]1CCC[C@H](C(=O)N[C@H]2CCCC[C@H]2C)C1. The third kappa shape index (κ3) is 3.46. The van der Waals surface area contributed by atoms with Crippen LogP contribution in [0, 0.1) is 17.8 Å². The highest BCUT2D eigenvalue weighted by molar-refractivity contribution is 5.79. The van der Waals surface area contributed by atoms with Gasteiger partial charge in [0.2, 0.25) is 5.91 Å². The summed E-state index contributed by atoms with van der Waals surface area (Å²) in [7, 11) is 0. The van der Waals surface area contributed by atoms with Gasteiger partial charge in [0.25, 0.3) is 0 Å². The van der Waals surface area contributed by atoms with Gasteiger partial charge in [-0.15, -0.1) is 0 Å². The molecule has 2 nitrogen and oxygen atoms in total. The molecule has 2 aliphatic rings. The van der Waals surface area contributed by atoms with Gasteiger partial charge < -0.3 is 5.32 Å². The van der Waals surface area contributed by atoms with Gasteiger partial charge in [0, 0.05) is 12.0 Å². The smallest absolute Gasteiger partial charge is 0.223 e. The molecule has 2 fully saturated rings. The van der Waals surface area contributed by atoms with E-state index in [9.17, 15) is 4.79 Å². The molecule has 4 atom stereocenters. The first-order chi connectivity index (χ1) is 8.16. The predicted octanol–water partition coefficient (Wildman–Crippen LogP) is 3.51. The van der Waals surface area contributed by atoms with Crippen molar-refractivity contribution in [2.45, 2.75) is 71.3 Å². The van der Waals surface area contributed by atoms with Crippen molar-refractivity contribution in [3.8, 4) is 0 Å². The molecule has 0 unspecified atom stereocenters. The van der Waals surface area contributed by atoms with Crippen molar-refractivity contribution in [2.75, 3.05) is 0 Å². The van der Waals surface area contributed by atoms with Crippen LogP contribution in [-0.2, 0) is 4.79 Å². The van der Waals surface area contributed by atoms with E-state index in [-0.39, 0.29) is 0 Å². The first-order valence-corrected chi connectivity index (χ1v) is 7.47. The molecule has 0 aromatic heterocycles. The Hall–Kier alpha value is -0.530. The van der Waals surface area contributed by atoms with Gasteiger partial charge in [-0.2, -0.15) is 0 Å². The van der Waals surface area contributed by atoms with Gasteiger partial charge in [0.1, 0.15) is 0 Å². The number of rotatable bonds is 2. The standard InChI is InChI=1S/C15H27NO/c1-11-6-5-8-13(10-11)15(17)16-14-9-4-3-7-12(14)2/h11-14H,3-10H2,1-2H3,(H,16,17)/t11-,12-,13+,14+/m1/s1. The average molecular weight is 237 g/mol. The number of hydrogen-bond donors (Lipinski definition) is 1. The second-order valence-corrected chi connectivity index (χ2v) is 6.35. The van der Waals surface area contributed by atoms with Gasteiger partial charge in [-0.05, 0) is 37.5 Å². The van der Waals surface area contributed by atoms with E-state index >= 15 is 0 Å². The van der Waals surface area contributed by atoms with Gasteiger partial charge in [0.15, 0.2) is 0 Å². The Morgan fingerprint density at radius 1 is 1.00 bits per heavy atom. The van der Waals surface area contributed by atoms with Gasteiger partial charge in [-0.1, -0.05) is 39.5 Å². The van der Waals surface area contributed by atoms with Gasteiger partial charge in [0.05, 0.1) is 0 Å². The van der Waals surface area contributed by atoms with Crippen molar-refractivity contribution in [3.05, 3.63) is 0 Å². The van der Waals surface area contributed by atoms with Gasteiger partial charge >= 0.3 is 0 Å². The first kappa shape index (κ1) is 12.9. The van der Waals surface area contributed by atoms with E-state index in [0.29, 0.717) is 23.8 Å². The fourth-order valence-electron chi connectivity index (χ4n) is 3.50. The zero-order valence-electron chi connectivity index (χ0n) is 11.4. The van der Waals surface area contributed by atoms with E-state index < -0.39 is 0 Å². The summed E-state index contributed by atoms with van der Waals surface area (Å²) in [6, 6.07) is 0.452. The molecule has 0 radical (unpaired) electrons. The second kappa shape index (κ2) is 5.88. The molecule has 1 amide bonds. The van der Waals surface area contributed by atoms with Crippen molar-refractivity contribution in [1.82, 2.24) is 5.32 Å². The fraction of sp³-hybridized carbons (Fsp3) is 0.933. The van der Waals surface area contributed by atoms with Crippen LogP contribution in [0.3, 0.4) is 0 Å². The molecule has 0 spiro atoms. The molecule has 0 bridgehead atoms. The summed E-state index contributed by atoms with van der Waals surface area (Å²) in [4.78, 5) is 12.2. The van der Waals surface area contributed by atoms with Crippen LogP contribution in [0.4, 0.5) is 0 Å². The molecule has 1 N–H and O–H groups in total. The molecule has 2 aliphatic carbocycles. The first-order valence-electron chi connectivity index (χ1n) is 7.47. The van der Waals surface area contributed by atoms with Crippen molar-refractivity contribution < 1.29 is 4.79 Å². The Balaban J connectivity index is 1.83. The minimum atomic E-state index is 0.299. The summed E-state index contributed by atoms with van der Waals surface area (Å²) in [5, 5.41) is 3.32. The molecular formula is C15H27NO. The number of amides is 1. The predicted molar refractivity (Wildman–Crippen MR) is 70.7 cm³/mol. The highest BCUT2D eigenvalue weighted by Gasteiger charge is 2.28. The van der Waals surface area contributed by atoms with Gasteiger partial charge in [-0.3, -0.25) is 4.79 Å². The molecule has 0 saturated heterocycles. The number of carbonyl (C=O) groups excluding carboxylic acids is 1. The Morgan fingerprint density at radius 3 is 2.47 bits per heavy atom. The molecule has 98 valence electrons. The van der Waals surface area contributed by atoms with Crippen LogP contribution in [0.1, 0.15) is 65.2 Å². The maximum Gasteiger partial charge on any atom is 0.223 e. The molecule has 0 heterocycles. The van der Waals surface area contributed by atoms with Crippen LogP contribution in [0.5, 0.6) is 0 Å². The van der Waals surface area contributed by atoms with E-state index in [1.807, 2.05) is 0 Å². The monoisotopic (exact) mass is 237 g/mol. The molecule has 2 saturated carbocycles. The molecule has 0 aliphatic heterocycles.